The predicted molar refractivity (Wildman–Crippen MR) is 106 cm³/mol. The molecule has 0 N–H and O–H groups in total. The fourth-order valence-corrected chi connectivity index (χ4v) is 4.92. The fourth-order valence-electron chi connectivity index (χ4n) is 4.92. The summed E-state index contributed by atoms with van der Waals surface area (Å²) >= 11 is 0. The summed E-state index contributed by atoms with van der Waals surface area (Å²) in [7, 11) is 1.62. The first kappa shape index (κ1) is 19.1. The second kappa shape index (κ2) is 8.02. The van der Waals surface area contributed by atoms with Gasteiger partial charge in [0.25, 0.3) is 5.91 Å². The van der Waals surface area contributed by atoms with Crippen molar-refractivity contribution in [1.29, 1.82) is 0 Å². The van der Waals surface area contributed by atoms with Crippen molar-refractivity contribution >= 4 is 11.8 Å². The molecule has 0 unspecified atom stereocenters. The molecular formula is C22H30N2O4. The number of nitrogens with zero attached hydrogens (tertiary/aromatic N) is 2. The number of amides is 2. The Labute approximate surface area is 166 Å². The zero-order valence-electron chi connectivity index (χ0n) is 16.9. The Kier molecular flexibility index (Phi) is 5.47. The zero-order valence-corrected chi connectivity index (χ0v) is 16.9. The number of ether oxygens (including phenoxy) is 2. The van der Waals surface area contributed by atoms with Gasteiger partial charge in [-0.05, 0) is 43.4 Å². The monoisotopic (exact) mass is 386 g/mol. The number of fused-ring (bicyclic) bond motifs is 2. The van der Waals surface area contributed by atoms with Crippen LogP contribution in [0, 0.1) is 5.92 Å². The van der Waals surface area contributed by atoms with Crippen molar-refractivity contribution in [3.63, 3.8) is 0 Å². The fraction of sp³-hybridized carbons (Fsp3) is 0.636. The number of methoxy groups -OCH3 is 1. The second-order valence-electron chi connectivity index (χ2n) is 8.33. The van der Waals surface area contributed by atoms with Crippen LogP contribution >= 0.6 is 0 Å². The Morgan fingerprint density at radius 2 is 1.89 bits per heavy atom. The van der Waals surface area contributed by atoms with Crippen LogP contribution in [0.25, 0.3) is 0 Å². The molecule has 2 amide bonds. The summed E-state index contributed by atoms with van der Waals surface area (Å²) in [4.78, 5) is 28.8. The lowest BCUT2D eigenvalue weighted by atomic mass is 9.90. The third kappa shape index (κ3) is 3.82. The van der Waals surface area contributed by atoms with Gasteiger partial charge in [0, 0.05) is 45.4 Å². The normalized spacial score (nSPS) is 24.9. The summed E-state index contributed by atoms with van der Waals surface area (Å²) < 4.78 is 11.6. The number of carbonyl (C=O) groups excluding carboxylic acids is 2. The van der Waals surface area contributed by atoms with Crippen molar-refractivity contribution in [3.8, 4) is 11.5 Å². The molecule has 2 heterocycles. The van der Waals surface area contributed by atoms with E-state index in [0.717, 1.165) is 32.2 Å². The highest BCUT2D eigenvalue weighted by Gasteiger charge is 2.39. The van der Waals surface area contributed by atoms with Crippen LogP contribution in [0.3, 0.4) is 0 Å². The summed E-state index contributed by atoms with van der Waals surface area (Å²) in [5.74, 6) is 2.12. The van der Waals surface area contributed by atoms with E-state index in [9.17, 15) is 9.59 Å². The molecule has 2 aliphatic heterocycles. The minimum absolute atomic E-state index is 0.0216. The van der Waals surface area contributed by atoms with Crippen LogP contribution in [0.5, 0.6) is 11.5 Å². The first-order chi connectivity index (χ1) is 13.5. The Hall–Kier alpha value is -2.24. The highest BCUT2D eigenvalue weighted by molar-refractivity contribution is 5.97. The highest BCUT2D eigenvalue weighted by atomic mass is 16.5. The molecule has 4 rings (SSSR count). The van der Waals surface area contributed by atoms with E-state index in [-0.39, 0.29) is 17.9 Å². The largest absolute Gasteiger partial charge is 0.497 e. The molecule has 28 heavy (non-hydrogen) atoms. The van der Waals surface area contributed by atoms with Crippen molar-refractivity contribution in [2.24, 2.45) is 5.92 Å². The number of hydrogen-bond acceptors (Lipinski definition) is 4. The Morgan fingerprint density at radius 1 is 1.11 bits per heavy atom. The van der Waals surface area contributed by atoms with Crippen LogP contribution in [0.4, 0.5) is 0 Å². The third-order valence-electron chi connectivity index (χ3n) is 6.51. The van der Waals surface area contributed by atoms with Gasteiger partial charge < -0.3 is 19.3 Å². The molecule has 1 aromatic rings. The smallest absolute Gasteiger partial charge is 0.258 e. The number of piperidine rings is 1. The summed E-state index contributed by atoms with van der Waals surface area (Å²) in [6, 6.07) is 5.87. The standard InChI is InChI=1S/C22H30N2O4/c1-15(25)23-10-8-18(9-11-23)28-21-7-6-19(27-2)13-20(21)22(26)24-14-16-4-3-5-17(24)12-16/h6-7,13,16-18H,3-5,8-12,14H2,1-2H3/t16-,17+/m0/s1. The maximum absolute atomic E-state index is 13.4. The lowest BCUT2D eigenvalue weighted by molar-refractivity contribution is -0.130. The van der Waals surface area contributed by atoms with Crippen molar-refractivity contribution in [3.05, 3.63) is 23.8 Å². The van der Waals surface area contributed by atoms with Crippen molar-refractivity contribution < 1.29 is 19.1 Å². The van der Waals surface area contributed by atoms with Gasteiger partial charge in [-0.2, -0.15) is 0 Å². The quantitative estimate of drug-likeness (QED) is 0.798. The van der Waals surface area contributed by atoms with E-state index in [1.165, 1.54) is 12.8 Å². The summed E-state index contributed by atoms with van der Waals surface area (Å²) in [5.41, 5.74) is 0.598. The van der Waals surface area contributed by atoms with Gasteiger partial charge in [-0.1, -0.05) is 6.42 Å². The molecule has 1 saturated carbocycles. The van der Waals surface area contributed by atoms with Crippen molar-refractivity contribution in [1.82, 2.24) is 9.80 Å². The molecule has 6 heteroatoms. The highest BCUT2D eigenvalue weighted by Crippen LogP contribution is 2.38. The average Bonchev–Trinajstić information content (AvgIpc) is 3.01. The maximum Gasteiger partial charge on any atom is 0.258 e. The van der Waals surface area contributed by atoms with Crippen LogP contribution < -0.4 is 9.47 Å². The van der Waals surface area contributed by atoms with Crippen LogP contribution in [0.15, 0.2) is 18.2 Å². The van der Waals surface area contributed by atoms with E-state index < -0.39 is 0 Å². The average molecular weight is 386 g/mol. The van der Waals surface area contributed by atoms with E-state index in [0.29, 0.717) is 42.1 Å². The van der Waals surface area contributed by atoms with Gasteiger partial charge in [0.05, 0.1) is 12.7 Å². The topological polar surface area (TPSA) is 59.1 Å². The van der Waals surface area contributed by atoms with E-state index in [1.807, 2.05) is 23.1 Å². The molecule has 3 aliphatic rings. The number of rotatable bonds is 4. The summed E-state index contributed by atoms with van der Waals surface area (Å²) in [6.07, 6.45) is 6.28. The lowest BCUT2D eigenvalue weighted by Gasteiger charge is -2.32. The number of hydrogen-bond donors (Lipinski definition) is 0. The van der Waals surface area contributed by atoms with Gasteiger partial charge in [0.15, 0.2) is 0 Å². The molecule has 0 radical (unpaired) electrons. The molecule has 0 aromatic heterocycles. The molecular weight excluding hydrogens is 356 g/mol. The van der Waals surface area contributed by atoms with Gasteiger partial charge in [0.2, 0.25) is 5.91 Å². The number of likely N-dealkylation sites (tertiary alicyclic amines) is 2. The van der Waals surface area contributed by atoms with E-state index >= 15 is 0 Å². The molecule has 2 bridgehead atoms. The SMILES string of the molecule is COc1ccc(OC2CCN(C(C)=O)CC2)c(C(=O)N2C[C@H]3CCC[C@@H]2C3)c1. The summed E-state index contributed by atoms with van der Waals surface area (Å²) in [5, 5.41) is 0. The Morgan fingerprint density at radius 3 is 2.57 bits per heavy atom. The maximum atomic E-state index is 13.4. The first-order valence-corrected chi connectivity index (χ1v) is 10.5. The molecule has 2 saturated heterocycles. The van der Waals surface area contributed by atoms with Gasteiger partial charge >= 0.3 is 0 Å². The molecule has 1 aromatic carbocycles. The molecule has 2 atom stereocenters. The van der Waals surface area contributed by atoms with Gasteiger partial charge in [-0.15, -0.1) is 0 Å². The van der Waals surface area contributed by atoms with Crippen molar-refractivity contribution in [2.45, 2.75) is 57.6 Å². The minimum atomic E-state index is 0.0216. The zero-order chi connectivity index (χ0) is 19.7. The second-order valence-corrected chi connectivity index (χ2v) is 8.33. The minimum Gasteiger partial charge on any atom is -0.497 e. The van der Waals surface area contributed by atoms with Gasteiger partial charge in [-0.3, -0.25) is 9.59 Å². The van der Waals surface area contributed by atoms with E-state index in [4.69, 9.17) is 9.47 Å². The van der Waals surface area contributed by atoms with E-state index in [1.54, 1.807) is 14.0 Å². The van der Waals surface area contributed by atoms with Crippen LogP contribution in [-0.2, 0) is 4.79 Å². The van der Waals surface area contributed by atoms with Crippen LogP contribution in [-0.4, -0.2) is 60.5 Å². The van der Waals surface area contributed by atoms with Crippen LogP contribution in [0.1, 0.15) is 55.8 Å². The predicted octanol–water partition coefficient (Wildman–Crippen LogP) is 3.10. The number of carbonyl (C=O) groups is 2. The number of benzene rings is 1. The molecule has 6 nitrogen and oxygen atoms in total. The third-order valence-corrected chi connectivity index (χ3v) is 6.51. The summed E-state index contributed by atoms with van der Waals surface area (Å²) in [6.45, 7) is 3.87. The Bertz CT molecular complexity index is 742. The first-order valence-electron chi connectivity index (χ1n) is 10.5. The molecule has 1 aliphatic carbocycles. The molecule has 3 fully saturated rings. The Balaban J connectivity index is 1.52. The van der Waals surface area contributed by atoms with Gasteiger partial charge in [0.1, 0.15) is 17.6 Å². The molecule has 0 spiro atoms. The van der Waals surface area contributed by atoms with Crippen LogP contribution in [0.2, 0.25) is 0 Å². The van der Waals surface area contributed by atoms with Crippen molar-refractivity contribution in [2.75, 3.05) is 26.7 Å². The van der Waals surface area contributed by atoms with Gasteiger partial charge in [-0.25, -0.2) is 0 Å². The van der Waals surface area contributed by atoms with E-state index in [2.05, 4.69) is 4.90 Å². The lowest BCUT2D eigenvalue weighted by Crippen LogP contribution is -2.41. The molecule has 152 valence electrons.